The molecule has 0 N–H and O–H groups in total. The summed E-state index contributed by atoms with van der Waals surface area (Å²) in [6, 6.07) is 0.446. The van der Waals surface area contributed by atoms with Gasteiger partial charge in [0.1, 0.15) is 0 Å². The van der Waals surface area contributed by atoms with Gasteiger partial charge in [0.15, 0.2) is 0 Å². The van der Waals surface area contributed by atoms with Crippen LogP contribution in [0.2, 0.25) is 5.02 Å². The van der Waals surface area contributed by atoms with Crippen LogP contribution in [0.15, 0.2) is 6.20 Å². The molecule has 1 heterocycles. The van der Waals surface area contributed by atoms with E-state index in [9.17, 15) is 0 Å². The third-order valence-corrected chi connectivity index (χ3v) is 2.27. The molecule has 0 unspecified atom stereocenters. The summed E-state index contributed by atoms with van der Waals surface area (Å²) in [5.41, 5.74) is 0.909. The average molecular weight is 173 g/mol. The molecule has 0 aliphatic heterocycles. The minimum atomic E-state index is 0.446. The van der Waals surface area contributed by atoms with Crippen molar-refractivity contribution in [2.45, 2.75) is 33.2 Å². The van der Waals surface area contributed by atoms with E-state index in [0.29, 0.717) is 6.04 Å². The number of hydrogen-bond donors (Lipinski definition) is 0. The zero-order valence-corrected chi connectivity index (χ0v) is 7.89. The summed E-state index contributed by atoms with van der Waals surface area (Å²) in [6.07, 6.45) is 2.96. The first-order valence-corrected chi connectivity index (χ1v) is 4.24. The van der Waals surface area contributed by atoms with E-state index in [0.717, 1.165) is 17.1 Å². The molecule has 0 aliphatic rings. The molecule has 0 saturated carbocycles. The molecule has 0 bridgehead atoms. The summed E-state index contributed by atoms with van der Waals surface area (Å²) in [5.74, 6) is 0. The lowest BCUT2D eigenvalue weighted by atomic mass is 10.3. The van der Waals surface area contributed by atoms with Gasteiger partial charge in [-0.05, 0) is 20.3 Å². The first-order valence-electron chi connectivity index (χ1n) is 3.86. The largest absolute Gasteiger partial charge is 0.268 e. The zero-order chi connectivity index (χ0) is 8.43. The van der Waals surface area contributed by atoms with Crippen molar-refractivity contribution in [1.29, 1.82) is 0 Å². The Bertz CT molecular complexity index is 223. The maximum Gasteiger partial charge on any atom is 0.0815 e. The van der Waals surface area contributed by atoms with Crippen molar-refractivity contribution >= 4 is 11.6 Å². The minimum absolute atomic E-state index is 0.446. The zero-order valence-electron chi connectivity index (χ0n) is 7.13. The van der Waals surface area contributed by atoms with Gasteiger partial charge in [-0.15, -0.1) is 0 Å². The summed E-state index contributed by atoms with van der Waals surface area (Å²) in [6.45, 7) is 6.18. The molecule has 0 aliphatic carbocycles. The maximum atomic E-state index is 5.85. The molecule has 0 radical (unpaired) electrons. The van der Waals surface area contributed by atoms with E-state index >= 15 is 0 Å². The van der Waals surface area contributed by atoms with Crippen molar-refractivity contribution in [2.24, 2.45) is 0 Å². The van der Waals surface area contributed by atoms with Gasteiger partial charge in [-0.1, -0.05) is 18.5 Å². The van der Waals surface area contributed by atoms with Gasteiger partial charge in [-0.25, -0.2) is 0 Å². The summed E-state index contributed by atoms with van der Waals surface area (Å²) >= 11 is 5.85. The van der Waals surface area contributed by atoms with E-state index in [1.807, 2.05) is 17.8 Å². The SMILES string of the molecule is CC[C@H](C)n1cc(Cl)c(C)n1. The van der Waals surface area contributed by atoms with Crippen LogP contribution in [-0.2, 0) is 0 Å². The second-order valence-corrected chi connectivity index (χ2v) is 3.21. The van der Waals surface area contributed by atoms with Gasteiger partial charge in [0.25, 0.3) is 0 Å². The molecule has 1 atom stereocenters. The Labute approximate surface area is 72.2 Å². The molecule has 3 heteroatoms. The molecular weight excluding hydrogens is 160 g/mol. The smallest absolute Gasteiger partial charge is 0.0815 e. The molecule has 62 valence electrons. The summed E-state index contributed by atoms with van der Waals surface area (Å²) in [7, 11) is 0. The van der Waals surface area contributed by atoms with Crippen molar-refractivity contribution < 1.29 is 0 Å². The van der Waals surface area contributed by atoms with Gasteiger partial charge >= 0.3 is 0 Å². The second-order valence-electron chi connectivity index (χ2n) is 2.80. The fourth-order valence-electron chi connectivity index (χ4n) is 0.872. The van der Waals surface area contributed by atoms with Gasteiger partial charge < -0.3 is 0 Å². The molecule has 1 aromatic rings. The number of aromatic nitrogens is 2. The maximum absolute atomic E-state index is 5.85. The molecule has 0 aromatic carbocycles. The van der Waals surface area contributed by atoms with Crippen LogP contribution in [0, 0.1) is 6.92 Å². The fourth-order valence-corrected chi connectivity index (χ4v) is 1.01. The normalized spacial score (nSPS) is 13.5. The lowest BCUT2D eigenvalue weighted by molar-refractivity contribution is 0.475. The molecule has 1 rings (SSSR count). The van der Waals surface area contributed by atoms with Gasteiger partial charge in [0.2, 0.25) is 0 Å². The van der Waals surface area contributed by atoms with E-state index < -0.39 is 0 Å². The quantitative estimate of drug-likeness (QED) is 0.671. The molecule has 0 saturated heterocycles. The number of hydrogen-bond acceptors (Lipinski definition) is 1. The Morgan fingerprint density at radius 3 is 2.73 bits per heavy atom. The van der Waals surface area contributed by atoms with Gasteiger partial charge in [0.05, 0.1) is 10.7 Å². The third-order valence-electron chi connectivity index (χ3n) is 1.90. The van der Waals surface area contributed by atoms with Crippen molar-refractivity contribution in [3.05, 3.63) is 16.9 Å². The molecular formula is C8H13ClN2. The van der Waals surface area contributed by atoms with Crippen LogP contribution < -0.4 is 0 Å². The summed E-state index contributed by atoms with van der Waals surface area (Å²) in [4.78, 5) is 0. The average Bonchev–Trinajstić information content (AvgIpc) is 2.31. The van der Waals surface area contributed by atoms with E-state index in [1.54, 1.807) is 0 Å². The van der Waals surface area contributed by atoms with Gasteiger partial charge in [-0.2, -0.15) is 5.10 Å². The number of aryl methyl sites for hydroxylation is 1. The summed E-state index contributed by atoms with van der Waals surface area (Å²) < 4.78 is 1.91. The van der Waals surface area contributed by atoms with Crippen LogP contribution in [0.25, 0.3) is 0 Å². The van der Waals surface area contributed by atoms with Crippen LogP contribution in [-0.4, -0.2) is 9.78 Å². The van der Waals surface area contributed by atoms with E-state index in [4.69, 9.17) is 11.6 Å². The van der Waals surface area contributed by atoms with Crippen molar-refractivity contribution in [3.63, 3.8) is 0 Å². The molecule has 0 amide bonds. The lowest BCUT2D eigenvalue weighted by Gasteiger charge is -2.07. The predicted octanol–water partition coefficient (Wildman–Crippen LogP) is 2.82. The second kappa shape index (κ2) is 3.26. The number of rotatable bonds is 2. The number of halogens is 1. The number of nitrogens with zero attached hydrogens (tertiary/aromatic N) is 2. The van der Waals surface area contributed by atoms with E-state index in [1.165, 1.54) is 0 Å². The van der Waals surface area contributed by atoms with Crippen LogP contribution >= 0.6 is 11.6 Å². The van der Waals surface area contributed by atoms with Crippen molar-refractivity contribution in [3.8, 4) is 0 Å². The van der Waals surface area contributed by atoms with Gasteiger partial charge in [0, 0.05) is 12.2 Å². The molecule has 1 aromatic heterocycles. The predicted molar refractivity (Wildman–Crippen MR) is 47.0 cm³/mol. The van der Waals surface area contributed by atoms with Crippen LogP contribution in [0.1, 0.15) is 32.0 Å². The van der Waals surface area contributed by atoms with Crippen LogP contribution in [0.3, 0.4) is 0 Å². The highest BCUT2D eigenvalue weighted by Crippen LogP contribution is 2.16. The van der Waals surface area contributed by atoms with Crippen molar-refractivity contribution in [1.82, 2.24) is 9.78 Å². The minimum Gasteiger partial charge on any atom is -0.268 e. The fraction of sp³-hybridized carbons (Fsp3) is 0.625. The Hall–Kier alpha value is -0.500. The molecule has 0 spiro atoms. The van der Waals surface area contributed by atoms with Crippen LogP contribution in [0.4, 0.5) is 0 Å². The Kier molecular flexibility index (Phi) is 2.55. The molecule has 2 nitrogen and oxygen atoms in total. The third kappa shape index (κ3) is 1.74. The topological polar surface area (TPSA) is 17.8 Å². The standard InChI is InChI=1S/C8H13ClN2/c1-4-6(2)11-5-8(9)7(3)10-11/h5-6H,4H2,1-3H3/t6-/m0/s1. The Balaban J connectivity index is 2.88. The van der Waals surface area contributed by atoms with Crippen molar-refractivity contribution in [2.75, 3.05) is 0 Å². The highest BCUT2D eigenvalue weighted by Gasteiger charge is 2.05. The first kappa shape index (κ1) is 8.60. The highest BCUT2D eigenvalue weighted by molar-refractivity contribution is 6.31. The van der Waals surface area contributed by atoms with Crippen LogP contribution in [0.5, 0.6) is 0 Å². The summed E-state index contributed by atoms with van der Waals surface area (Å²) in [5, 5.41) is 5.02. The van der Waals surface area contributed by atoms with E-state index in [-0.39, 0.29) is 0 Å². The molecule has 0 fully saturated rings. The monoisotopic (exact) mass is 172 g/mol. The first-order chi connectivity index (χ1) is 5.15. The Morgan fingerprint density at radius 1 is 1.73 bits per heavy atom. The lowest BCUT2D eigenvalue weighted by Crippen LogP contribution is -2.03. The van der Waals surface area contributed by atoms with Gasteiger partial charge in [-0.3, -0.25) is 4.68 Å². The molecule has 11 heavy (non-hydrogen) atoms. The Morgan fingerprint density at radius 2 is 2.36 bits per heavy atom. The highest BCUT2D eigenvalue weighted by atomic mass is 35.5. The van der Waals surface area contributed by atoms with E-state index in [2.05, 4.69) is 18.9 Å².